The summed E-state index contributed by atoms with van der Waals surface area (Å²) in [6, 6.07) is 0. The third-order valence-electron chi connectivity index (χ3n) is 3.84. The number of carboxylic acids is 1. The highest BCUT2D eigenvalue weighted by Gasteiger charge is 2.60. The predicted octanol–water partition coefficient (Wildman–Crippen LogP) is 3.27. The summed E-state index contributed by atoms with van der Waals surface area (Å²) in [5, 5.41) is 9.00. The molecule has 15 heavy (non-hydrogen) atoms. The Morgan fingerprint density at radius 1 is 1.40 bits per heavy atom. The third-order valence-corrected chi connectivity index (χ3v) is 3.84. The van der Waals surface area contributed by atoms with E-state index in [-0.39, 0.29) is 29.7 Å². The summed E-state index contributed by atoms with van der Waals surface area (Å²) in [5.41, 5.74) is 1.48. The fourth-order valence-electron chi connectivity index (χ4n) is 2.71. The van der Waals surface area contributed by atoms with Crippen LogP contribution in [-0.4, -0.2) is 11.1 Å². The first kappa shape index (κ1) is 12.6. The zero-order valence-electron chi connectivity index (χ0n) is 9.32. The normalized spacial score (nSPS) is 32.0. The Labute approximate surface area is 97.2 Å². The van der Waals surface area contributed by atoms with Gasteiger partial charge in [-0.2, -0.15) is 0 Å². The highest BCUT2D eigenvalue weighted by atomic mass is 35.5. The summed E-state index contributed by atoms with van der Waals surface area (Å²) >= 11 is 0. The lowest BCUT2D eigenvalue weighted by atomic mass is 10.1. The van der Waals surface area contributed by atoms with Crippen molar-refractivity contribution in [2.24, 2.45) is 17.3 Å². The van der Waals surface area contributed by atoms with Crippen LogP contribution in [0.15, 0.2) is 11.6 Å². The molecule has 0 aliphatic heterocycles. The van der Waals surface area contributed by atoms with Crippen molar-refractivity contribution in [2.75, 3.05) is 0 Å². The summed E-state index contributed by atoms with van der Waals surface area (Å²) < 4.78 is 0. The third kappa shape index (κ3) is 2.20. The van der Waals surface area contributed by atoms with E-state index in [2.05, 4.69) is 19.9 Å². The molecule has 0 amide bonds. The van der Waals surface area contributed by atoms with Crippen molar-refractivity contribution >= 4 is 18.4 Å². The average Bonchev–Trinajstić information content (AvgIpc) is 2.50. The molecule has 0 saturated heterocycles. The molecular weight excluding hydrogens is 212 g/mol. The fourth-order valence-corrected chi connectivity index (χ4v) is 2.71. The highest BCUT2D eigenvalue weighted by molar-refractivity contribution is 5.85. The van der Waals surface area contributed by atoms with Crippen molar-refractivity contribution in [3.05, 3.63) is 11.6 Å². The first-order chi connectivity index (χ1) is 6.53. The number of halogens is 1. The first-order valence-electron chi connectivity index (χ1n) is 5.46. The lowest BCUT2D eigenvalue weighted by Gasteiger charge is -1.98. The number of hydrogen-bond donors (Lipinski definition) is 1. The van der Waals surface area contributed by atoms with Crippen molar-refractivity contribution in [1.29, 1.82) is 0 Å². The molecule has 2 atom stereocenters. The summed E-state index contributed by atoms with van der Waals surface area (Å²) in [6.07, 6.45) is 7.21. The molecule has 2 fully saturated rings. The van der Waals surface area contributed by atoms with Gasteiger partial charge in [0.2, 0.25) is 0 Å². The number of carboxylic acid groups (broad SMARTS) is 1. The molecule has 2 nitrogen and oxygen atoms in total. The zero-order chi connectivity index (χ0) is 10.3. The van der Waals surface area contributed by atoms with Crippen LogP contribution in [0.1, 0.15) is 39.5 Å². The van der Waals surface area contributed by atoms with E-state index in [0.717, 1.165) is 0 Å². The molecule has 0 radical (unpaired) electrons. The summed E-state index contributed by atoms with van der Waals surface area (Å²) in [6.45, 7) is 4.12. The minimum atomic E-state index is -0.630. The van der Waals surface area contributed by atoms with Crippen molar-refractivity contribution < 1.29 is 9.90 Å². The van der Waals surface area contributed by atoms with Crippen LogP contribution in [0.25, 0.3) is 0 Å². The molecule has 3 heteroatoms. The second kappa shape index (κ2) is 4.17. The lowest BCUT2D eigenvalue weighted by Crippen LogP contribution is -2.03. The van der Waals surface area contributed by atoms with E-state index >= 15 is 0 Å². The van der Waals surface area contributed by atoms with E-state index in [1.165, 1.54) is 31.3 Å². The van der Waals surface area contributed by atoms with Crippen LogP contribution in [-0.2, 0) is 4.79 Å². The van der Waals surface area contributed by atoms with Gasteiger partial charge in [0.15, 0.2) is 0 Å². The summed E-state index contributed by atoms with van der Waals surface area (Å²) in [7, 11) is 0. The Kier molecular flexibility index (Phi) is 3.49. The van der Waals surface area contributed by atoms with E-state index < -0.39 is 5.97 Å². The Bertz CT molecular complexity index is 286. The Balaban J connectivity index is 0.00000112. The highest BCUT2D eigenvalue weighted by Crippen LogP contribution is 2.59. The molecule has 0 unspecified atom stereocenters. The van der Waals surface area contributed by atoms with Gasteiger partial charge in [-0.25, -0.2) is 0 Å². The van der Waals surface area contributed by atoms with Crippen molar-refractivity contribution in [1.82, 2.24) is 0 Å². The minimum Gasteiger partial charge on any atom is -0.481 e. The standard InChI is InChI=1S/C12H18O2.ClH/c1-12(2)9(10(12)11(13)14)7-8-5-3-4-6-8;/h7,9-10H,3-6H2,1-2H3,(H,13,14);1H/t9-,10-;/m0./s1. The van der Waals surface area contributed by atoms with Crippen molar-refractivity contribution in [3.8, 4) is 0 Å². The topological polar surface area (TPSA) is 37.3 Å². The molecule has 86 valence electrons. The molecule has 1 N–H and O–H groups in total. The van der Waals surface area contributed by atoms with Gasteiger partial charge < -0.3 is 5.11 Å². The van der Waals surface area contributed by atoms with Crippen molar-refractivity contribution in [3.63, 3.8) is 0 Å². The maximum absolute atomic E-state index is 10.9. The second-order valence-electron chi connectivity index (χ2n) is 5.20. The molecule has 2 rings (SSSR count). The van der Waals surface area contributed by atoms with Gasteiger partial charge in [-0.1, -0.05) is 25.5 Å². The average molecular weight is 231 g/mol. The van der Waals surface area contributed by atoms with Gasteiger partial charge in [-0.15, -0.1) is 12.4 Å². The molecular formula is C12H19ClO2. The van der Waals surface area contributed by atoms with Crippen LogP contribution in [0.5, 0.6) is 0 Å². The molecule has 2 saturated carbocycles. The molecule has 0 heterocycles. The SMILES string of the molecule is CC1(C)[C@H](C(=O)O)[C@@H]1C=C1CCCC1.Cl. The number of aliphatic carboxylic acids is 1. The monoisotopic (exact) mass is 230 g/mol. The van der Waals surface area contributed by atoms with E-state index in [0.29, 0.717) is 0 Å². The van der Waals surface area contributed by atoms with Gasteiger partial charge in [0.1, 0.15) is 0 Å². The first-order valence-corrected chi connectivity index (χ1v) is 5.46. The van der Waals surface area contributed by atoms with Crippen LogP contribution < -0.4 is 0 Å². The van der Waals surface area contributed by atoms with Crippen LogP contribution in [0.2, 0.25) is 0 Å². The minimum absolute atomic E-state index is 0. The lowest BCUT2D eigenvalue weighted by molar-refractivity contribution is -0.139. The predicted molar refractivity (Wildman–Crippen MR) is 62.2 cm³/mol. The molecule has 2 aliphatic rings. The van der Waals surface area contributed by atoms with Crippen molar-refractivity contribution in [2.45, 2.75) is 39.5 Å². The quantitative estimate of drug-likeness (QED) is 0.740. The van der Waals surface area contributed by atoms with E-state index in [9.17, 15) is 4.79 Å². The molecule has 0 aromatic heterocycles. The number of hydrogen-bond acceptors (Lipinski definition) is 1. The van der Waals surface area contributed by atoms with Gasteiger partial charge >= 0.3 is 5.97 Å². The Morgan fingerprint density at radius 3 is 2.33 bits per heavy atom. The second-order valence-corrected chi connectivity index (χ2v) is 5.20. The summed E-state index contributed by atoms with van der Waals surface area (Å²) in [4.78, 5) is 10.9. The molecule has 2 aliphatic carbocycles. The van der Waals surface area contributed by atoms with Gasteiger partial charge in [0, 0.05) is 0 Å². The molecule has 0 bridgehead atoms. The zero-order valence-corrected chi connectivity index (χ0v) is 10.1. The van der Waals surface area contributed by atoms with Gasteiger partial charge in [0.25, 0.3) is 0 Å². The van der Waals surface area contributed by atoms with Gasteiger partial charge in [-0.05, 0) is 37.0 Å². The van der Waals surface area contributed by atoms with Crippen LogP contribution in [0.3, 0.4) is 0 Å². The Hall–Kier alpha value is -0.500. The summed E-state index contributed by atoms with van der Waals surface area (Å²) in [5.74, 6) is -0.487. The van der Waals surface area contributed by atoms with Gasteiger partial charge in [0.05, 0.1) is 5.92 Å². The Morgan fingerprint density at radius 2 is 1.93 bits per heavy atom. The largest absolute Gasteiger partial charge is 0.481 e. The van der Waals surface area contributed by atoms with E-state index in [4.69, 9.17) is 5.11 Å². The number of carbonyl (C=O) groups is 1. The fraction of sp³-hybridized carbons (Fsp3) is 0.750. The van der Waals surface area contributed by atoms with Crippen LogP contribution in [0, 0.1) is 17.3 Å². The maximum Gasteiger partial charge on any atom is 0.307 e. The van der Waals surface area contributed by atoms with E-state index in [1.807, 2.05) is 0 Å². The van der Waals surface area contributed by atoms with Crippen LogP contribution >= 0.6 is 12.4 Å². The maximum atomic E-state index is 10.9. The van der Waals surface area contributed by atoms with E-state index in [1.54, 1.807) is 0 Å². The molecule has 0 aromatic carbocycles. The molecule has 0 aromatic rings. The van der Waals surface area contributed by atoms with Gasteiger partial charge in [-0.3, -0.25) is 4.79 Å². The number of rotatable bonds is 2. The smallest absolute Gasteiger partial charge is 0.307 e. The number of allylic oxidation sites excluding steroid dienone is 2. The molecule has 0 spiro atoms. The van der Waals surface area contributed by atoms with Crippen LogP contribution in [0.4, 0.5) is 0 Å².